The molecule has 16 heteroatoms. The molecule has 38 heavy (non-hydrogen) atoms. The van der Waals surface area contributed by atoms with Gasteiger partial charge in [-0.1, -0.05) is 36.4 Å². The van der Waals surface area contributed by atoms with Gasteiger partial charge in [0.1, 0.15) is 20.0 Å². The zero-order valence-corrected chi connectivity index (χ0v) is 25.4. The fourth-order valence-electron chi connectivity index (χ4n) is 3.03. The predicted molar refractivity (Wildman–Crippen MR) is 139 cm³/mol. The second-order valence-electron chi connectivity index (χ2n) is 7.52. The molecule has 206 valence electrons. The number of nitrogens with zero attached hydrogens (tertiary/aromatic N) is 2. The Kier molecular flexibility index (Phi) is 16.3. The Balaban J connectivity index is 0.000000527. The number of carbonyl (C=O) groups excluding carboxylic acids is 2. The zero-order chi connectivity index (χ0) is 26.6. The number of hydrogen-bond donors (Lipinski definition) is 4. The molecule has 2 aromatic rings. The van der Waals surface area contributed by atoms with E-state index >= 15 is 0 Å². The fourth-order valence-corrected chi connectivity index (χ4v) is 5.23. The van der Waals surface area contributed by atoms with Gasteiger partial charge in [0.2, 0.25) is 0 Å². The summed E-state index contributed by atoms with van der Waals surface area (Å²) in [6.07, 6.45) is 2.12. The molecule has 2 aliphatic rings. The molecule has 0 radical (unpaired) electrons. The molecule has 0 aliphatic carbocycles. The summed E-state index contributed by atoms with van der Waals surface area (Å²) in [4.78, 5) is 21.9. The average Bonchev–Trinajstić information content (AvgIpc) is 3.24. The van der Waals surface area contributed by atoms with Crippen molar-refractivity contribution in [3.63, 3.8) is 0 Å². The summed E-state index contributed by atoms with van der Waals surface area (Å²) in [5.41, 5.74) is 11.0. The summed E-state index contributed by atoms with van der Waals surface area (Å²) in [5.74, 6) is -1.35. The molecular weight excluding hydrogens is 590 g/mol. The molecule has 2 aromatic carbocycles. The zero-order valence-electron chi connectivity index (χ0n) is 20.8. The largest absolute Gasteiger partial charge is 2.00 e. The quantitative estimate of drug-likeness (QED) is 0.213. The van der Waals surface area contributed by atoms with E-state index in [-0.39, 0.29) is 45.9 Å². The SMILES string of the molecule is NCCCNCCNCCCN.O.O=C1[N-]S(=O)(=O)c2ccccc21.O=C1[N-]S(=O)(=O)c2ccccc21.[Zn+2]. The molecular formula is C22H32N6O7S2Zn. The molecule has 0 aromatic heterocycles. The van der Waals surface area contributed by atoms with Crippen LogP contribution in [0.25, 0.3) is 9.44 Å². The Bertz CT molecular complexity index is 1160. The summed E-state index contributed by atoms with van der Waals surface area (Å²) in [6, 6.07) is 12.0. The van der Waals surface area contributed by atoms with Crippen LogP contribution in [0.5, 0.6) is 0 Å². The summed E-state index contributed by atoms with van der Waals surface area (Å²) in [7, 11) is -7.36. The van der Waals surface area contributed by atoms with Crippen LogP contribution in [0.15, 0.2) is 58.3 Å². The Morgan fingerprint density at radius 1 is 0.632 bits per heavy atom. The van der Waals surface area contributed by atoms with Crippen molar-refractivity contribution in [1.29, 1.82) is 0 Å². The Morgan fingerprint density at radius 2 is 0.974 bits per heavy atom. The van der Waals surface area contributed by atoms with Gasteiger partial charge in [-0.15, -0.1) is 0 Å². The summed E-state index contributed by atoms with van der Waals surface area (Å²) in [6.45, 7) is 5.63. The van der Waals surface area contributed by atoms with Gasteiger partial charge in [-0.05, 0) is 51.2 Å². The van der Waals surface area contributed by atoms with Crippen molar-refractivity contribution < 1.29 is 51.4 Å². The molecule has 2 amide bonds. The topological polar surface area (TPSA) is 238 Å². The molecule has 0 fully saturated rings. The monoisotopic (exact) mass is 620 g/mol. The van der Waals surface area contributed by atoms with E-state index in [0.29, 0.717) is 0 Å². The van der Waals surface area contributed by atoms with E-state index in [0.717, 1.165) is 52.1 Å². The van der Waals surface area contributed by atoms with Gasteiger partial charge in [0.05, 0.1) is 21.6 Å². The van der Waals surface area contributed by atoms with Crippen LogP contribution < -0.4 is 22.1 Å². The average molecular weight is 622 g/mol. The van der Waals surface area contributed by atoms with E-state index in [9.17, 15) is 26.4 Å². The molecule has 4 rings (SSSR count). The van der Waals surface area contributed by atoms with Crippen molar-refractivity contribution in [2.24, 2.45) is 11.5 Å². The van der Waals surface area contributed by atoms with Gasteiger partial charge in [-0.25, -0.2) is 16.8 Å². The third-order valence-corrected chi connectivity index (χ3v) is 7.43. The van der Waals surface area contributed by atoms with E-state index in [1.165, 1.54) is 24.3 Å². The van der Waals surface area contributed by atoms with Crippen LogP contribution in [-0.4, -0.2) is 73.4 Å². The number of rotatable bonds is 9. The second kappa shape index (κ2) is 17.3. The van der Waals surface area contributed by atoms with E-state index in [2.05, 4.69) is 20.1 Å². The summed E-state index contributed by atoms with van der Waals surface area (Å²) >= 11 is 0. The van der Waals surface area contributed by atoms with Crippen molar-refractivity contribution in [3.8, 4) is 0 Å². The molecule has 13 nitrogen and oxygen atoms in total. The van der Waals surface area contributed by atoms with Crippen LogP contribution in [0.2, 0.25) is 0 Å². The smallest absolute Gasteiger partial charge is 0.537 e. The van der Waals surface area contributed by atoms with Gasteiger partial charge >= 0.3 is 19.5 Å². The van der Waals surface area contributed by atoms with Crippen molar-refractivity contribution in [3.05, 3.63) is 69.1 Å². The number of fused-ring (bicyclic) bond motifs is 2. The first-order chi connectivity index (χ1) is 17.1. The van der Waals surface area contributed by atoms with Gasteiger partial charge in [0.25, 0.3) is 0 Å². The van der Waals surface area contributed by atoms with Crippen molar-refractivity contribution in [2.75, 3.05) is 39.3 Å². The molecule has 0 bridgehead atoms. The van der Waals surface area contributed by atoms with E-state index in [1.807, 2.05) is 0 Å². The van der Waals surface area contributed by atoms with Crippen LogP contribution >= 0.6 is 0 Å². The molecule has 8 N–H and O–H groups in total. The number of nitrogens with two attached hydrogens (primary N) is 2. The number of sulfonamides is 2. The van der Waals surface area contributed by atoms with E-state index in [4.69, 9.17) is 11.5 Å². The maximum atomic E-state index is 11.1. The first kappa shape index (κ1) is 35.7. The molecule has 0 saturated heterocycles. The molecule has 0 unspecified atom stereocenters. The van der Waals surface area contributed by atoms with Crippen molar-refractivity contribution in [2.45, 2.75) is 22.6 Å². The third-order valence-electron chi connectivity index (χ3n) is 4.79. The van der Waals surface area contributed by atoms with Crippen LogP contribution in [0, 0.1) is 0 Å². The first-order valence-electron chi connectivity index (χ1n) is 11.2. The third kappa shape index (κ3) is 10.5. The van der Waals surface area contributed by atoms with E-state index in [1.54, 1.807) is 24.3 Å². The molecule has 0 spiro atoms. The number of amides is 2. The number of hydrogen-bond acceptors (Lipinski definition) is 10. The Hall–Kier alpha value is -2.30. The standard InChI is InChI=1S/C8H22N4.2C7H5NO3S.H2O.Zn/c9-3-1-5-11-7-8-12-6-2-4-10;2*9-7-5-3-1-2-4-6(5)12(10,11)8-7;;/h11-12H,1-10H2;2*1-4H,(H,8,9);1H2;/q;;;;+2/p-2. The van der Waals surface area contributed by atoms with E-state index < -0.39 is 31.9 Å². The van der Waals surface area contributed by atoms with Gasteiger partial charge in [-0.2, -0.15) is 0 Å². The molecule has 0 atom stereocenters. The van der Waals surface area contributed by atoms with Gasteiger partial charge in [0.15, 0.2) is 0 Å². The Morgan fingerprint density at radius 3 is 1.29 bits per heavy atom. The van der Waals surface area contributed by atoms with Crippen LogP contribution in [0.1, 0.15) is 33.6 Å². The van der Waals surface area contributed by atoms with Gasteiger partial charge < -0.3 is 46.6 Å². The van der Waals surface area contributed by atoms with Crippen molar-refractivity contribution >= 4 is 31.9 Å². The number of benzene rings is 2. The van der Waals surface area contributed by atoms with Crippen LogP contribution in [0.3, 0.4) is 0 Å². The molecule has 0 saturated carbocycles. The molecule has 2 heterocycles. The normalized spacial score (nSPS) is 15.0. The van der Waals surface area contributed by atoms with Crippen LogP contribution in [-0.2, 0) is 39.5 Å². The van der Waals surface area contributed by atoms with Crippen molar-refractivity contribution in [1.82, 2.24) is 10.6 Å². The van der Waals surface area contributed by atoms with Gasteiger partial charge in [-0.3, -0.25) is 0 Å². The van der Waals surface area contributed by atoms with Crippen LogP contribution in [0.4, 0.5) is 0 Å². The predicted octanol–water partition coefficient (Wildman–Crippen LogP) is -0.158. The molecule has 2 aliphatic heterocycles. The fraction of sp³-hybridized carbons (Fsp3) is 0.364. The maximum absolute atomic E-state index is 11.1. The maximum Gasteiger partial charge on any atom is 2.00 e. The minimum Gasteiger partial charge on any atom is -0.537 e. The first-order valence-corrected chi connectivity index (χ1v) is 14.1. The minimum absolute atomic E-state index is 0. The number of carbonyl (C=O) groups is 2. The minimum atomic E-state index is -3.68. The second-order valence-corrected chi connectivity index (χ2v) is 10.7. The van der Waals surface area contributed by atoms with Gasteiger partial charge in [0, 0.05) is 24.2 Å². The summed E-state index contributed by atoms with van der Waals surface area (Å²) < 4.78 is 50.3. The Labute approximate surface area is 235 Å². The number of nitrogens with one attached hydrogen (secondary N) is 2. The summed E-state index contributed by atoms with van der Waals surface area (Å²) in [5, 5.41) is 6.58.